The minimum atomic E-state index is -0.573. The molecule has 0 bridgehead atoms. The molecule has 0 fully saturated rings. The summed E-state index contributed by atoms with van der Waals surface area (Å²) < 4.78 is 7.37. The molecule has 0 radical (unpaired) electrons. The maximum Gasteiger partial charge on any atom is 0.246 e. The second-order valence-corrected chi connectivity index (χ2v) is 5.71. The fourth-order valence-corrected chi connectivity index (χ4v) is 2.39. The molecule has 6 heteroatoms. The first-order chi connectivity index (χ1) is 9.04. The zero-order valence-corrected chi connectivity index (χ0v) is 11.4. The molecule has 0 aliphatic heterocycles. The fraction of sp³-hybridized carbons (Fsp3) is 0.615. The van der Waals surface area contributed by atoms with E-state index in [4.69, 9.17) is 10.3 Å². The summed E-state index contributed by atoms with van der Waals surface area (Å²) in [6.45, 7) is 4.30. The van der Waals surface area contributed by atoms with E-state index in [1.165, 1.54) is 24.2 Å². The number of rotatable bonds is 3. The van der Waals surface area contributed by atoms with Gasteiger partial charge in [-0.3, -0.25) is 0 Å². The van der Waals surface area contributed by atoms with E-state index >= 15 is 0 Å². The van der Waals surface area contributed by atoms with Crippen LogP contribution in [0.2, 0.25) is 0 Å². The number of nitrogens with two attached hydrogens (primary N) is 1. The van der Waals surface area contributed by atoms with Gasteiger partial charge < -0.3 is 14.8 Å². The van der Waals surface area contributed by atoms with Gasteiger partial charge in [-0.05, 0) is 39.5 Å². The highest BCUT2D eigenvalue weighted by Crippen LogP contribution is 2.21. The molecule has 2 heterocycles. The lowest BCUT2D eigenvalue weighted by Gasteiger charge is -2.13. The molecule has 0 atom stereocenters. The highest BCUT2D eigenvalue weighted by molar-refractivity contribution is 5.17. The Morgan fingerprint density at radius 1 is 1.37 bits per heavy atom. The highest BCUT2D eigenvalue weighted by Gasteiger charge is 2.22. The number of hydrogen-bond acceptors (Lipinski definition) is 5. The summed E-state index contributed by atoms with van der Waals surface area (Å²) in [7, 11) is 0. The van der Waals surface area contributed by atoms with E-state index in [0.717, 1.165) is 12.8 Å². The van der Waals surface area contributed by atoms with Crippen LogP contribution in [0.25, 0.3) is 0 Å². The van der Waals surface area contributed by atoms with Gasteiger partial charge in [0.05, 0.1) is 17.6 Å². The van der Waals surface area contributed by atoms with Gasteiger partial charge in [0.2, 0.25) is 5.89 Å². The first-order valence-electron chi connectivity index (χ1n) is 6.69. The van der Waals surface area contributed by atoms with Crippen molar-refractivity contribution in [2.75, 3.05) is 0 Å². The SMILES string of the molecule is CC(C)(N)c1noc(Cn2cnc3c2CCCC3)n1. The molecular formula is C13H19N5O. The van der Waals surface area contributed by atoms with Crippen molar-refractivity contribution in [3.63, 3.8) is 0 Å². The van der Waals surface area contributed by atoms with E-state index in [0.29, 0.717) is 18.3 Å². The van der Waals surface area contributed by atoms with E-state index in [1.807, 2.05) is 20.2 Å². The maximum atomic E-state index is 5.95. The molecule has 102 valence electrons. The zero-order chi connectivity index (χ0) is 13.5. The second-order valence-electron chi connectivity index (χ2n) is 5.71. The van der Waals surface area contributed by atoms with Crippen LogP contribution in [0.3, 0.4) is 0 Å². The van der Waals surface area contributed by atoms with Gasteiger partial charge in [0.15, 0.2) is 5.82 Å². The smallest absolute Gasteiger partial charge is 0.246 e. The molecule has 2 N–H and O–H groups in total. The molecular weight excluding hydrogens is 242 g/mol. The summed E-state index contributed by atoms with van der Waals surface area (Å²) in [5.41, 5.74) is 7.89. The van der Waals surface area contributed by atoms with Crippen molar-refractivity contribution < 1.29 is 4.52 Å². The van der Waals surface area contributed by atoms with Gasteiger partial charge in [-0.2, -0.15) is 4.98 Å². The van der Waals surface area contributed by atoms with Crippen LogP contribution in [-0.4, -0.2) is 19.7 Å². The average molecular weight is 261 g/mol. The second kappa shape index (κ2) is 4.45. The third kappa shape index (κ3) is 2.40. The van der Waals surface area contributed by atoms with Gasteiger partial charge in [-0.1, -0.05) is 5.16 Å². The number of aryl methyl sites for hydroxylation is 1. The van der Waals surface area contributed by atoms with Crippen LogP contribution in [0.1, 0.15) is 49.8 Å². The van der Waals surface area contributed by atoms with E-state index in [2.05, 4.69) is 19.7 Å². The van der Waals surface area contributed by atoms with Crippen molar-refractivity contribution in [1.29, 1.82) is 0 Å². The van der Waals surface area contributed by atoms with Gasteiger partial charge in [0.25, 0.3) is 0 Å². The molecule has 2 aromatic rings. The van der Waals surface area contributed by atoms with Crippen LogP contribution in [0, 0.1) is 0 Å². The average Bonchev–Trinajstić information content (AvgIpc) is 2.97. The highest BCUT2D eigenvalue weighted by atomic mass is 16.5. The normalized spacial score (nSPS) is 15.5. The number of nitrogens with zero attached hydrogens (tertiary/aromatic N) is 4. The maximum absolute atomic E-state index is 5.95. The van der Waals surface area contributed by atoms with Crippen LogP contribution in [0.15, 0.2) is 10.9 Å². The Hall–Kier alpha value is -1.69. The van der Waals surface area contributed by atoms with Gasteiger partial charge in [-0.25, -0.2) is 4.98 Å². The Labute approximate surface area is 112 Å². The first-order valence-corrected chi connectivity index (χ1v) is 6.69. The first kappa shape index (κ1) is 12.3. The molecule has 0 amide bonds. The Kier molecular flexibility index (Phi) is 2.89. The molecule has 1 aliphatic carbocycles. The fourth-order valence-electron chi connectivity index (χ4n) is 2.39. The molecule has 0 unspecified atom stereocenters. The molecule has 0 saturated carbocycles. The molecule has 0 aromatic carbocycles. The summed E-state index contributed by atoms with van der Waals surface area (Å²) in [4.78, 5) is 8.81. The predicted molar refractivity (Wildman–Crippen MR) is 69.5 cm³/mol. The third-order valence-electron chi connectivity index (χ3n) is 3.46. The monoisotopic (exact) mass is 261 g/mol. The van der Waals surface area contributed by atoms with E-state index in [9.17, 15) is 0 Å². The standard InChI is InChI=1S/C13H19N5O/c1-13(2,14)12-16-11(19-17-12)7-18-8-15-9-5-3-4-6-10(9)18/h8H,3-7,14H2,1-2H3. The summed E-state index contributed by atoms with van der Waals surface area (Å²) in [6.07, 6.45) is 6.49. The van der Waals surface area contributed by atoms with Crippen LogP contribution in [0.5, 0.6) is 0 Å². The largest absolute Gasteiger partial charge is 0.337 e. The lowest BCUT2D eigenvalue weighted by Crippen LogP contribution is -2.30. The summed E-state index contributed by atoms with van der Waals surface area (Å²) >= 11 is 0. The molecule has 0 spiro atoms. The molecule has 0 saturated heterocycles. The lowest BCUT2D eigenvalue weighted by atomic mass is 10.0. The Morgan fingerprint density at radius 3 is 2.89 bits per heavy atom. The summed E-state index contributed by atoms with van der Waals surface area (Å²) in [5.74, 6) is 1.12. The van der Waals surface area contributed by atoms with Crippen molar-refractivity contribution in [2.45, 2.75) is 51.6 Å². The quantitative estimate of drug-likeness (QED) is 0.902. The van der Waals surface area contributed by atoms with Crippen LogP contribution < -0.4 is 5.73 Å². The van der Waals surface area contributed by atoms with Crippen molar-refractivity contribution in [1.82, 2.24) is 19.7 Å². The topological polar surface area (TPSA) is 82.8 Å². The number of aromatic nitrogens is 4. The van der Waals surface area contributed by atoms with Gasteiger partial charge in [0, 0.05) is 5.69 Å². The minimum Gasteiger partial charge on any atom is -0.337 e. The van der Waals surface area contributed by atoms with E-state index in [-0.39, 0.29) is 0 Å². The van der Waals surface area contributed by atoms with E-state index in [1.54, 1.807) is 0 Å². The lowest BCUT2D eigenvalue weighted by molar-refractivity contribution is 0.353. The predicted octanol–water partition coefficient (Wildman–Crippen LogP) is 1.39. The summed E-state index contributed by atoms with van der Waals surface area (Å²) in [6, 6.07) is 0. The van der Waals surface area contributed by atoms with Gasteiger partial charge in [0.1, 0.15) is 6.54 Å². The Bertz CT molecular complexity index is 578. The van der Waals surface area contributed by atoms with Crippen LogP contribution in [-0.2, 0) is 24.9 Å². The van der Waals surface area contributed by atoms with E-state index < -0.39 is 5.54 Å². The van der Waals surface area contributed by atoms with Crippen molar-refractivity contribution in [2.24, 2.45) is 5.73 Å². The van der Waals surface area contributed by atoms with Gasteiger partial charge >= 0.3 is 0 Å². The number of imidazole rings is 1. The van der Waals surface area contributed by atoms with Crippen molar-refractivity contribution in [3.05, 3.63) is 29.4 Å². The summed E-state index contributed by atoms with van der Waals surface area (Å²) in [5, 5.41) is 3.94. The molecule has 6 nitrogen and oxygen atoms in total. The Balaban J connectivity index is 1.82. The van der Waals surface area contributed by atoms with Crippen molar-refractivity contribution in [3.8, 4) is 0 Å². The van der Waals surface area contributed by atoms with Crippen molar-refractivity contribution >= 4 is 0 Å². The molecule has 3 rings (SSSR count). The molecule has 19 heavy (non-hydrogen) atoms. The Morgan fingerprint density at radius 2 is 2.16 bits per heavy atom. The molecule has 2 aromatic heterocycles. The number of fused-ring (bicyclic) bond motifs is 1. The number of hydrogen-bond donors (Lipinski definition) is 1. The molecule has 1 aliphatic rings. The van der Waals surface area contributed by atoms with Crippen LogP contribution >= 0.6 is 0 Å². The third-order valence-corrected chi connectivity index (χ3v) is 3.46. The van der Waals surface area contributed by atoms with Crippen LogP contribution in [0.4, 0.5) is 0 Å². The van der Waals surface area contributed by atoms with Gasteiger partial charge in [-0.15, -0.1) is 0 Å². The zero-order valence-electron chi connectivity index (χ0n) is 11.4. The minimum absolute atomic E-state index is 0.538.